The van der Waals surface area contributed by atoms with Crippen LogP contribution in [0.1, 0.15) is 10.4 Å². The van der Waals surface area contributed by atoms with E-state index in [9.17, 15) is 14.9 Å². The second-order valence-corrected chi connectivity index (χ2v) is 7.00. The molecule has 1 N–H and O–H groups in total. The number of pyridine rings is 1. The van der Waals surface area contributed by atoms with Crippen LogP contribution in [0.25, 0.3) is 0 Å². The molecule has 1 unspecified atom stereocenters. The monoisotopic (exact) mass is 333 g/mol. The maximum atomic E-state index is 12.0. The highest BCUT2D eigenvalue weighted by atomic mass is 35.5. The van der Waals surface area contributed by atoms with E-state index in [4.69, 9.17) is 11.6 Å². The molecule has 1 aromatic rings. The third kappa shape index (κ3) is 4.00. The van der Waals surface area contributed by atoms with Gasteiger partial charge in [0.15, 0.2) is 0 Å². The number of hydrogen-bond donors (Lipinski definition) is 1. The van der Waals surface area contributed by atoms with E-state index in [1.54, 1.807) is 11.8 Å². The number of carbonyl (C=O) groups is 1. The summed E-state index contributed by atoms with van der Waals surface area (Å²) in [6.45, 7) is 0.494. The Morgan fingerprint density at radius 3 is 3.05 bits per heavy atom. The Morgan fingerprint density at radius 2 is 2.40 bits per heavy atom. The average Bonchev–Trinajstić information content (AvgIpc) is 2.45. The molecule has 20 heavy (non-hydrogen) atoms. The fourth-order valence-corrected chi connectivity index (χ4v) is 4.48. The normalized spacial score (nSPS) is 18.6. The van der Waals surface area contributed by atoms with E-state index in [0.29, 0.717) is 11.8 Å². The molecule has 1 aromatic heterocycles. The molecule has 1 amide bonds. The van der Waals surface area contributed by atoms with Gasteiger partial charge < -0.3 is 5.32 Å². The van der Waals surface area contributed by atoms with Gasteiger partial charge in [-0.15, -0.1) is 0 Å². The zero-order valence-electron chi connectivity index (χ0n) is 10.4. The van der Waals surface area contributed by atoms with Gasteiger partial charge in [0.05, 0.1) is 4.92 Å². The summed E-state index contributed by atoms with van der Waals surface area (Å²) >= 11 is 9.35. The number of aromatic nitrogens is 1. The van der Waals surface area contributed by atoms with Crippen molar-refractivity contribution in [3.63, 3.8) is 0 Å². The van der Waals surface area contributed by atoms with Crippen molar-refractivity contribution < 1.29 is 9.72 Å². The second kappa shape index (κ2) is 7.14. The van der Waals surface area contributed by atoms with Gasteiger partial charge in [-0.1, -0.05) is 11.6 Å². The quantitative estimate of drug-likeness (QED) is 0.516. The Labute approximate surface area is 129 Å². The summed E-state index contributed by atoms with van der Waals surface area (Å²) in [4.78, 5) is 25.9. The van der Waals surface area contributed by atoms with Crippen molar-refractivity contribution >= 4 is 46.7 Å². The molecule has 2 heterocycles. The summed E-state index contributed by atoms with van der Waals surface area (Å²) in [7, 11) is 0. The summed E-state index contributed by atoms with van der Waals surface area (Å²) in [6.07, 6.45) is 1.00. The first-order chi connectivity index (χ1) is 9.58. The Hall–Kier alpha value is -0.990. The maximum Gasteiger partial charge on any atom is 0.300 e. The molecule has 1 aliphatic rings. The largest absolute Gasteiger partial charge is 0.351 e. The molecule has 9 heteroatoms. The molecule has 6 nitrogen and oxygen atoms in total. The van der Waals surface area contributed by atoms with Crippen LogP contribution in [0.2, 0.25) is 5.15 Å². The Morgan fingerprint density at radius 1 is 1.60 bits per heavy atom. The lowest BCUT2D eigenvalue weighted by Crippen LogP contribution is -2.33. The van der Waals surface area contributed by atoms with Gasteiger partial charge >= 0.3 is 0 Å². The standard InChI is InChI=1S/C11H12ClN3O3S2/c12-10-3-8(9(5-13-10)15(17)18)11(16)14-4-7-6-19-1-2-20-7/h3,5,7H,1-2,4,6H2,(H,14,16). The van der Waals surface area contributed by atoms with Gasteiger partial charge in [-0.2, -0.15) is 23.5 Å². The molecule has 108 valence electrons. The molecule has 1 saturated heterocycles. The molecule has 0 radical (unpaired) electrons. The fourth-order valence-electron chi connectivity index (χ4n) is 1.71. The van der Waals surface area contributed by atoms with Gasteiger partial charge in [0.25, 0.3) is 11.6 Å². The van der Waals surface area contributed by atoms with Gasteiger partial charge in [-0.25, -0.2) is 4.98 Å². The van der Waals surface area contributed by atoms with Crippen LogP contribution in [-0.4, -0.2) is 44.9 Å². The van der Waals surface area contributed by atoms with E-state index in [0.717, 1.165) is 23.5 Å². The van der Waals surface area contributed by atoms with Gasteiger partial charge in [0, 0.05) is 29.1 Å². The van der Waals surface area contributed by atoms with Crippen LogP contribution in [0, 0.1) is 10.1 Å². The van der Waals surface area contributed by atoms with Crippen molar-refractivity contribution in [2.45, 2.75) is 5.25 Å². The number of halogens is 1. The van der Waals surface area contributed by atoms with Crippen LogP contribution in [-0.2, 0) is 0 Å². The second-order valence-electron chi connectivity index (χ2n) is 4.06. The zero-order chi connectivity index (χ0) is 14.5. The van der Waals surface area contributed by atoms with Crippen molar-refractivity contribution in [1.29, 1.82) is 0 Å². The zero-order valence-corrected chi connectivity index (χ0v) is 12.8. The first-order valence-electron chi connectivity index (χ1n) is 5.85. The number of amides is 1. The first-order valence-corrected chi connectivity index (χ1v) is 8.43. The van der Waals surface area contributed by atoms with Crippen molar-refractivity contribution in [3.05, 3.63) is 33.1 Å². The molecule has 0 aromatic carbocycles. The molecule has 1 fully saturated rings. The third-order valence-corrected chi connectivity index (χ3v) is 5.72. The molecule has 0 saturated carbocycles. The highest BCUT2D eigenvalue weighted by Crippen LogP contribution is 2.24. The molecule has 0 aliphatic carbocycles. The Kier molecular flexibility index (Phi) is 5.50. The van der Waals surface area contributed by atoms with Gasteiger partial charge in [0.1, 0.15) is 16.9 Å². The van der Waals surface area contributed by atoms with Crippen LogP contribution in [0.15, 0.2) is 12.3 Å². The Bertz CT molecular complexity index is 524. The lowest BCUT2D eigenvalue weighted by atomic mass is 10.2. The summed E-state index contributed by atoms with van der Waals surface area (Å²) in [6, 6.07) is 1.22. The van der Waals surface area contributed by atoms with Crippen molar-refractivity contribution in [2.75, 3.05) is 23.8 Å². The van der Waals surface area contributed by atoms with E-state index in [-0.39, 0.29) is 16.4 Å². The van der Waals surface area contributed by atoms with Crippen LogP contribution >= 0.6 is 35.1 Å². The molecular formula is C11H12ClN3O3S2. The van der Waals surface area contributed by atoms with Gasteiger partial charge in [0.2, 0.25) is 0 Å². The van der Waals surface area contributed by atoms with Crippen molar-refractivity contribution in [1.82, 2.24) is 10.3 Å². The smallest absolute Gasteiger partial charge is 0.300 e. The molecule has 1 atom stereocenters. The van der Waals surface area contributed by atoms with Crippen molar-refractivity contribution in [2.24, 2.45) is 0 Å². The first kappa shape index (κ1) is 15.4. The lowest BCUT2D eigenvalue weighted by Gasteiger charge is -2.21. The van der Waals surface area contributed by atoms with E-state index in [1.807, 2.05) is 11.8 Å². The van der Waals surface area contributed by atoms with Crippen LogP contribution in [0.3, 0.4) is 0 Å². The number of carbonyl (C=O) groups excluding carboxylic acids is 1. The summed E-state index contributed by atoms with van der Waals surface area (Å²) in [5.74, 6) is 2.68. The van der Waals surface area contributed by atoms with Gasteiger partial charge in [-0.3, -0.25) is 14.9 Å². The number of nitro groups is 1. The predicted molar refractivity (Wildman–Crippen MR) is 81.8 cm³/mol. The van der Waals surface area contributed by atoms with E-state index in [2.05, 4.69) is 10.3 Å². The number of rotatable bonds is 4. The minimum absolute atomic E-state index is 0.0523. The minimum atomic E-state index is -0.635. The number of nitrogens with one attached hydrogen (secondary N) is 1. The highest BCUT2D eigenvalue weighted by Gasteiger charge is 2.22. The highest BCUT2D eigenvalue weighted by molar-refractivity contribution is 8.06. The fraction of sp³-hybridized carbons (Fsp3) is 0.455. The maximum absolute atomic E-state index is 12.0. The minimum Gasteiger partial charge on any atom is -0.351 e. The summed E-state index contributed by atoms with van der Waals surface area (Å²) < 4.78 is 0. The van der Waals surface area contributed by atoms with E-state index in [1.165, 1.54) is 6.07 Å². The molecule has 1 aliphatic heterocycles. The summed E-state index contributed by atoms with van der Waals surface area (Å²) in [5, 5.41) is 14.0. The molecule has 2 rings (SSSR count). The third-order valence-electron chi connectivity index (χ3n) is 2.67. The van der Waals surface area contributed by atoms with E-state index >= 15 is 0 Å². The number of thioether (sulfide) groups is 2. The lowest BCUT2D eigenvalue weighted by molar-refractivity contribution is -0.385. The molecule has 0 bridgehead atoms. The average molecular weight is 334 g/mol. The predicted octanol–water partition coefficient (Wildman–Crippen LogP) is 2.22. The molecular weight excluding hydrogens is 322 g/mol. The Balaban J connectivity index is 2.04. The SMILES string of the molecule is O=C(NCC1CSCCS1)c1cc(Cl)ncc1[N+](=O)[O-]. The van der Waals surface area contributed by atoms with Gasteiger partial charge in [-0.05, 0) is 6.07 Å². The van der Waals surface area contributed by atoms with Crippen LogP contribution < -0.4 is 5.32 Å². The van der Waals surface area contributed by atoms with E-state index < -0.39 is 10.8 Å². The topological polar surface area (TPSA) is 85.1 Å². The van der Waals surface area contributed by atoms with Crippen LogP contribution in [0.5, 0.6) is 0 Å². The summed E-state index contributed by atoms with van der Waals surface area (Å²) in [5.41, 5.74) is -0.388. The molecule has 0 spiro atoms. The van der Waals surface area contributed by atoms with Crippen molar-refractivity contribution in [3.8, 4) is 0 Å². The number of nitrogens with zero attached hydrogens (tertiary/aromatic N) is 2. The number of hydrogen-bond acceptors (Lipinski definition) is 6. The van der Waals surface area contributed by atoms with Crippen LogP contribution in [0.4, 0.5) is 5.69 Å².